The molecule has 3 heterocycles. The van der Waals surface area contributed by atoms with Crippen molar-refractivity contribution >= 4 is 23.1 Å². The lowest BCUT2D eigenvalue weighted by Crippen LogP contribution is -2.25. The van der Waals surface area contributed by atoms with Crippen LogP contribution in [0.1, 0.15) is 39.7 Å². The fourth-order valence-corrected chi connectivity index (χ4v) is 4.20. The summed E-state index contributed by atoms with van der Waals surface area (Å²) in [6, 6.07) is 14.6. The number of phenols is 1. The Morgan fingerprint density at radius 3 is 2.64 bits per heavy atom. The number of anilines is 1. The number of benzene rings is 2. The van der Waals surface area contributed by atoms with E-state index in [0.717, 1.165) is 0 Å². The molecule has 0 saturated carbocycles. The predicted molar refractivity (Wildman–Crippen MR) is 132 cm³/mol. The van der Waals surface area contributed by atoms with Gasteiger partial charge in [0.1, 0.15) is 22.6 Å². The van der Waals surface area contributed by atoms with Crippen molar-refractivity contribution in [3.8, 4) is 17.2 Å². The van der Waals surface area contributed by atoms with Gasteiger partial charge in [0.2, 0.25) is 0 Å². The Morgan fingerprint density at radius 1 is 1.14 bits per heavy atom. The van der Waals surface area contributed by atoms with Crippen LogP contribution in [0.3, 0.4) is 0 Å². The van der Waals surface area contributed by atoms with E-state index in [1.54, 1.807) is 48.0 Å². The zero-order chi connectivity index (χ0) is 25.4. The largest absolute Gasteiger partial charge is 0.507 e. The first kappa shape index (κ1) is 22.9. The van der Waals surface area contributed by atoms with Crippen molar-refractivity contribution in [2.75, 3.05) is 12.4 Å². The van der Waals surface area contributed by atoms with Gasteiger partial charge in [-0.1, -0.05) is 24.3 Å². The molecule has 0 unspecified atom stereocenters. The zero-order valence-corrected chi connectivity index (χ0v) is 19.4. The summed E-state index contributed by atoms with van der Waals surface area (Å²) in [6.45, 7) is 1.56. The van der Waals surface area contributed by atoms with Gasteiger partial charge in [0, 0.05) is 18.2 Å². The number of rotatable bonds is 5. The Bertz CT molecular complexity index is 1550. The maximum absolute atomic E-state index is 13.1. The molecule has 36 heavy (non-hydrogen) atoms. The quantitative estimate of drug-likeness (QED) is 0.388. The minimum atomic E-state index is -0.739. The van der Waals surface area contributed by atoms with E-state index in [9.17, 15) is 19.8 Å². The Hall–Kier alpha value is -4.86. The molecule has 0 aliphatic carbocycles. The van der Waals surface area contributed by atoms with Gasteiger partial charge in [-0.2, -0.15) is 5.10 Å². The summed E-state index contributed by atoms with van der Waals surface area (Å²) < 4.78 is 12.0. The van der Waals surface area contributed by atoms with Crippen molar-refractivity contribution in [3.63, 3.8) is 0 Å². The molecular weight excluding hydrogens is 464 g/mol. The number of aliphatic imine (C=N–C) groups is 1. The molecule has 3 N–H and O–H groups in total. The number of aryl methyl sites for hydroxylation is 1. The molecule has 0 saturated heterocycles. The second-order valence-electron chi connectivity index (χ2n) is 8.26. The van der Waals surface area contributed by atoms with Gasteiger partial charge in [-0.15, -0.1) is 0 Å². The number of aromatic nitrogens is 2. The van der Waals surface area contributed by atoms with Crippen LogP contribution < -0.4 is 15.7 Å². The van der Waals surface area contributed by atoms with Gasteiger partial charge in [0.05, 0.1) is 25.1 Å². The number of aromatic hydroxyl groups is 2. The van der Waals surface area contributed by atoms with E-state index in [0.29, 0.717) is 11.3 Å². The number of fused-ring (bicyclic) bond motifs is 1. The first-order valence-corrected chi connectivity index (χ1v) is 11.1. The normalized spacial score (nSPS) is 14.6. The minimum absolute atomic E-state index is 0.0357. The number of carbonyl (C=O) groups is 1. The molecule has 2 aromatic heterocycles. The van der Waals surface area contributed by atoms with E-state index >= 15 is 0 Å². The molecule has 2 aromatic carbocycles. The zero-order valence-electron chi connectivity index (χ0n) is 19.4. The highest BCUT2D eigenvalue weighted by atomic mass is 16.5. The van der Waals surface area contributed by atoms with Crippen molar-refractivity contribution < 1.29 is 24.2 Å². The molecule has 0 fully saturated rings. The number of carbonyl (C=O) groups excluding carboxylic acids is 1. The topological polar surface area (TPSA) is 139 Å². The van der Waals surface area contributed by atoms with E-state index < -0.39 is 17.6 Å². The van der Waals surface area contributed by atoms with Crippen molar-refractivity contribution in [2.24, 2.45) is 4.99 Å². The number of hydrogen-bond acceptors (Lipinski definition) is 8. The summed E-state index contributed by atoms with van der Waals surface area (Å²) in [5.41, 5.74) is 0.879. The van der Waals surface area contributed by atoms with Crippen LogP contribution in [0, 0.1) is 6.92 Å². The van der Waals surface area contributed by atoms with Gasteiger partial charge < -0.3 is 24.7 Å². The lowest BCUT2D eigenvalue weighted by Gasteiger charge is -2.25. The molecule has 10 heteroatoms. The van der Waals surface area contributed by atoms with Crippen LogP contribution >= 0.6 is 0 Å². The monoisotopic (exact) mass is 486 g/mol. The molecule has 0 bridgehead atoms. The smallest absolute Gasteiger partial charge is 0.348 e. The lowest BCUT2D eigenvalue weighted by molar-refractivity contribution is 0.102. The second kappa shape index (κ2) is 9.06. The van der Waals surface area contributed by atoms with Crippen LogP contribution in [0.25, 0.3) is 0 Å². The number of amides is 1. The summed E-state index contributed by atoms with van der Waals surface area (Å²) >= 11 is 0. The maximum atomic E-state index is 13.1. The average molecular weight is 486 g/mol. The molecule has 0 spiro atoms. The Balaban J connectivity index is 1.65. The molecule has 1 atom stereocenters. The Morgan fingerprint density at radius 2 is 1.92 bits per heavy atom. The standard InChI is InChI=1S/C26H22N4O6/c1-14-10-21(32)23(26(34)36-14)18-12-19(15-8-9-20(31)22(11-15)35-2)30-24(29-18)17(13-27-30)25(33)28-16-6-4-3-5-7-16/h3-11,13,19,31-32H,12H2,1-2H3,(H,28,33)/t19-/m1/s1. The first-order chi connectivity index (χ1) is 17.4. The van der Waals surface area contributed by atoms with Gasteiger partial charge in [0.15, 0.2) is 17.3 Å². The summed E-state index contributed by atoms with van der Waals surface area (Å²) in [4.78, 5) is 30.4. The number of nitrogens with one attached hydrogen (secondary N) is 1. The van der Waals surface area contributed by atoms with E-state index in [2.05, 4.69) is 15.4 Å². The van der Waals surface area contributed by atoms with Crippen LogP contribution in [0.5, 0.6) is 17.2 Å². The van der Waals surface area contributed by atoms with Crippen molar-refractivity contribution in [3.05, 3.63) is 93.7 Å². The molecule has 5 rings (SSSR count). The molecule has 1 aliphatic rings. The van der Waals surface area contributed by atoms with Crippen LogP contribution in [-0.4, -0.2) is 38.7 Å². The second-order valence-corrected chi connectivity index (χ2v) is 8.26. The van der Waals surface area contributed by atoms with Crippen LogP contribution in [0.2, 0.25) is 0 Å². The van der Waals surface area contributed by atoms with Crippen molar-refractivity contribution in [1.82, 2.24) is 9.78 Å². The number of hydrogen-bond donors (Lipinski definition) is 3. The minimum Gasteiger partial charge on any atom is -0.507 e. The molecule has 1 aliphatic heterocycles. The number of ether oxygens (including phenoxy) is 1. The maximum Gasteiger partial charge on any atom is 0.348 e. The molecular formula is C26H22N4O6. The first-order valence-electron chi connectivity index (χ1n) is 11.1. The third-order valence-corrected chi connectivity index (χ3v) is 5.90. The number of methoxy groups -OCH3 is 1. The third kappa shape index (κ3) is 4.09. The van der Waals surface area contributed by atoms with Gasteiger partial charge in [-0.3, -0.25) is 4.79 Å². The molecule has 1 amide bonds. The van der Waals surface area contributed by atoms with E-state index in [-0.39, 0.29) is 52.1 Å². The Labute approximate surface area is 205 Å². The van der Waals surface area contributed by atoms with Crippen molar-refractivity contribution in [1.29, 1.82) is 0 Å². The van der Waals surface area contributed by atoms with Crippen LogP contribution in [-0.2, 0) is 0 Å². The van der Waals surface area contributed by atoms with Gasteiger partial charge in [-0.05, 0) is 36.8 Å². The highest BCUT2D eigenvalue weighted by Gasteiger charge is 2.32. The molecule has 0 radical (unpaired) electrons. The SMILES string of the molecule is COc1cc([C@H]2CC(c3c(O)cc(C)oc3=O)=Nc3c(C(=O)Nc4ccccc4)cnn32)ccc1O. The molecule has 4 aromatic rings. The van der Waals surface area contributed by atoms with Gasteiger partial charge in [0.25, 0.3) is 5.91 Å². The van der Waals surface area contributed by atoms with Gasteiger partial charge in [-0.25, -0.2) is 14.5 Å². The van der Waals surface area contributed by atoms with Crippen LogP contribution in [0.4, 0.5) is 11.5 Å². The van der Waals surface area contributed by atoms with Gasteiger partial charge >= 0.3 is 5.63 Å². The van der Waals surface area contributed by atoms with Crippen LogP contribution in [0.15, 0.2) is 75.0 Å². The summed E-state index contributed by atoms with van der Waals surface area (Å²) in [7, 11) is 1.44. The fraction of sp³-hybridized carbons (Fsp3) is 0.154. The van der Waals surface area contributed by atoms with Crippen molar-refractivity contribution in [2.45, 2.75) is 19.4 Å². The van der Waals surface area contributed by atoms with E-state index in [1.165, 1.54) is 25.4 Å². The number of nitrogens with zero attached hydrogens (tertiary/aromatic N) is 3. The Kier molecular flexibility index (Phi) is 5.77. The summed E-state index contributed by atoms with van der Waals surface area (Å²) in [5, 5.41) is 27.9. The highest BCUT2D eigenvalue weighted by molar-refractivity contribution is 6.10. The molecule has 182 valence electrons. The predicted octanol–water partition coefficient (Wildman–Crippen LogP) is 3.93. The summed E-state index contributed by atoms with van der Waals surface area (Å²) in [6.07, 6.45) is 1.56. The lowest BCUT2D eigenvalue weighted by atomic mass is 9.95. The number of para-hydroxylation sites is 1. The number of phenolic OH excluding ortho intramolecular Hbond substituents is 1. The van der Waals surface area contributed by atoms with E-state index in [1.807, 2.05) is 6.07 Å². The molecule has 10 nitrogen and oxygen atoms in total. The average Bonchev–Trinajstić information content (AvgIpc) is 3.28. The fourth-order valence-electron chi connectivity index (χ4n) is 4.20. The summed E-state index contributed by atoms with van der Waals surface area (Å²) in [5.74, 6) is -0.0228. The highest BCUT2D eigenvalue weighted by Crippen LogP contribution is 2.39. The van der Waals surface area contributed by atoms with E-state index in [4.69, 9.17) is 9.15 Å². The third-order valence-electron chi connectivity index (χ3n) is 5.90.